The molecule has 0 aliphatic heterocycles. The number of nitrogens with one attached hydrogen (secondary N) is 2. The molecule has 0 radical (unpaired) electrons. The van der Waals surface area contributed by atoms with Crippen molar-refractivity contribution < 1.29 is 12.8 Å². The Morgan fingerprint density at radius 2 is 1.95 bits per heavy atom. The summed E-state index contributed by atoms with van der Waals surface area (Å²) in [7, 11) is -2.07. The Bertz CT molecular complexity index is 628. The predicted octanol–water partition coefficient (Wildman–Crippen LogP) is 2.81. The summed E-state index contributed by atoms with van der Waals surface area (Å²) >= 11 is 5.86. The van der Waals surface area contributed by atoms with Gasteiger partial charge in [0.05, 0.1) is 9.92 Å². The van der Waals surface area contributed by atoms with Crippen LogP contribution < -0.4 is 10.0 Å². The molecule has 1 aliphatic rings. The van der Waals surface area contributed by atoms with E-state index in [1.165, 1.54) is 6.07 Å². The van der Waals surface area contributed by atoms with Gasteiger partial charge in [-0.1, -0.05) is 24.4 Å². The van der Waals surface area contributed by atoms with Crippen LogP contribution in [0.3, 0.4) is 0 Å². The van der Waals surface area contributed by atoms with Gasteiger partial charge in [0, 0.05) is 12.1 Å². The van der Waals surface area contributed by atoms with E-state index in [1.807, 2.05) is 6.92 Å². The van der Waals surface area contributed by atoms with E-state index in [0.717, 1.165) is 31.7 Å². The van der Waals surface area contributed by atoms with Gasteiger partial charge < -0.3 is 5.32 Å². The van der Waals surface area contributed by atoms with E-state index >= 15 is 0 Å². The third-order valence-corrected chi connectivity index (χ3v) is 5.88. The zero-order chi connectivity index (χ0) is 15.7. The van der Waals surface area contributed by atoms with Crippen LogP contribution in [-0.2, 0) is 16.6 Å². The molecule has 0 bridgehead atoms. The highest BCUT2D eigenvalue weighted by Crippen LogP contribution is 2.31. The van der Waals surface area contributed by atoms with E-state index in [-0.39, 0.29) is 9.92 Å². The van der Waals surface area contributed by atoms with Gasteiger partial charge in [0.2, 0.25) is 10.0 Å². The molecule has 1 fully saturated rings. The molecule has 0 heterocycles. The second kappa shape index (κ2) is 6.20. The van der Waals surface area contributed by atoms with Gasteiger partial charge >= 0.3 is 0 Å². The van der Waals surface area contributed by atoms with Crippen LogP contribution in [0.1, 0.15) is 38.2 Å². The van der Waals surface area contributed by atoms with Gasteiger partial charge in [-0.05, 0) is 44.5 Å². The minimum Gasteiger partial charge on any atom is -0.316 e. The summed E-state index contributed by atoms with van der Waals surface area (Å²) in [5.74, 6) is -0.721. The number of rotatable bonds is 5. The number of sulfonamides is 1. The summed E-state index contributed by atoms with van der Waals surface area (Å²) in [6, 6.07) is 2.39. The lowest BCUT2D eigenvalue weighted by atomic mass is 10.0. The van der Waals surface area contributed by atoms with E-state index in [4.69, 9.17) is 11.6 Å². The van der Waals surface area contributed by atoms with Crippen LogP contribution in [0.15, 0.2) is 17.0 Å². The summed E-state index contributed by atoms with van der Waals surface area (Å²) in [6.07, 6.45) is 3.59. The van der Waals surface area contributed by atoms with Crippen LogP contribution in [0.2, 0.25) is 5.02 Å². The number of hydrogen-bond donors (Lipinski definition) is 2. The molecule has 1 aromatic carbocycles. The first kappa shape index (κ1) is 16.7. The van der Waals surface area contributed by atoms with Crippen molar-refractivity contribution in [3.05, 3.63) is 28.5 Å². The fraction of sp³-hybridized carbons (Fsp3) is 0.571. The number of halogens is 2. The molecule has 4 nitrogen and oxygen atoms in total. The van der Waals surface area contributed by atoms with Crippen LogP contribution in [0.4, 0.5) is 4.39 Å². The minimum atomic E-state index is -3.76. The summed E-state index contributed by atoms with van der Waals surface area (Å²) in [4.78, 5) is -0.0808. The van der Waals surface area contributed by atoms with Crippen molar-refractivity contribution in [3.63, 3.8) is 0 Å². The third-order valence-electron chi connectivity index (χ3n) is 3.84. The smallest absolute Gasteiger partial charge is 0.241 e. The third kappa shape index (κ3) is 3.74. The van der Waals surface area contributed by atoms with Gasteiger partial charge in [-0.2, -0.15) is 0 Å². The van der Waals surface area contributed by atoms with Crippen molar-refractivity contribution in [1.29, 1.82) is 0 Å². The Morgan fingerprint density at radius 3 is 2.52 bits per heavy atom. The Balaban J connectivity index is 2.35. The molecule has 2 rings (SSSR count). The average molecular weight is 335 g/mol. The van der Waals surface area contributed by atoms with Gasteiger partial charge in [0.1, 0.15) is 5.82 Å². The minimum absolute atomic E-state index is 0.0459. The summed E-state index contributed by atoms with van der Waals surface area (Å²) in [5, 5.41) is 2.80. The Kier molecular flexibility index (Phi) is 4.92. The Labute approximate surface area is 130 Å². The maximum atomic E-state index is 13.9. The molecule has 7 heteroatoms. The zero-order valence-corrected chi connectivity index (χ0v) is 13.7. The molecule has 0 amide bonds. The molecule has 1 aliphatic carbocycles. The van der Waals surface area contributed by atoms with E-state index in [9.17, 15) is 12.8 Å². The maximum Gasteiger partial charge on any atom is 0.241 e. The number of benzene rings is 1. The van der Waals surface area contributed by atoms with Crippen molar-refractivity contribution in [2.45, 2.75) is 49.6 Å². The quantitative estimate of drug-likeness (QED) is 0.870. The average Bonchev–Trinajstić information content (AvgIpc) is 2.80. The molecular formula is C14H20ClFN2O2S. The second-order valence-electron chi connectivity index (χ2n) is 5.78. The van der Waals surface area contributed by atoms with Crippen molar-refractivity contribution in [1.82, 2.24) is 10.0 Å². The van der Waals surface area contributed by atoms with Gasteiger partial charge in [-0.3, -0.25) is 0 Å². The maximum absolute atomic E-state index is 13.9. The lowest BCUT2D eigenvalue weighted by molar-refractivity contribution is 0.427. The first-order valence-corrected chi connectivity index (χ1v) is 8.80. The Hall–Kier alpha value is -0.690. The van der Waals surface area contributed by atoms with Crippen LogP contribution in [0.25, 0.3) is 0 Å². The topological polar surface area (TPSA) is 58.2 Å². The fourth-order valence-corrected chi connectivity index (χ4v) is 4.44. The molecule has 0 saturated heterocycles. The fourth-order valence-electron chi connectivity index (χ4n) is 2.73. The lowest BCUT2D eigenvalue weighted by Gasteiger charge is -2.25. The SMILES string of the molecule is CNCc1cc(S(=O)(=O)NC2(C)CCCC2)cc(F)c1Cl. The van der Waals surface area contributed by atoms with Crippen LogP contribution in [-0.4, -0.2) is 21.0 Å². The molecule has 1 aromatic rings. The number of hydrogen-bond acceptors (Lipinski definition) is 3. The molecule has 1 saturated carbocycles. The normalized spacial score (nSPS) is 18.1. The van der Waals surface area contributed by atoms with Crippen molar-refractivity contribution in [3.8, 4) is 0 Å². The molecule has 2 N–H and O–H groups in total. The predicted molar refractivity (Wildman–Crippen MR) is 81.4 cm³/mol. The van der Waals surface area contributed by atoms with Gasteiger partial charge in [-0.15, -0.1) is 0 Å². The van der Waals surface area contributed by atoms with E-state index in [2.05, 4.69) is 10.0 Å². The Morgan fingerprint density at radius 1 is 1.33 bits per heavy atom. The van der Waals surface area contributed by atoms with Gasteiger partial charge in [0.25, 0.3) is 0 Å². The zero-order valence-electron chi connectivity index (χ0n) is 12.2. The van der Waals surface area contributed by atoms with Gasteiger partial charge in [0.15, 0.2) is 0 Å². The second-order valence-corrected chi connectivity index (χ2v) is 7.84. The summed E-state index contributed by atoms with van der Waals surface area (Å²) < 4.78 is 41.5. The highest BCUT2D eigenvalue weighted by Gasteiger charge is 2.34. The molecule has 0 unspecified atom stereocenters. The van der Waals surface area contributed by atoms with Gasteiger partial charge in [-0.25, -0.2) is 17.5 Å². The van der Waals surface area contributed by atoms with E-state index in [0.29, 0.717) is 12.1 Å². The molecular weight excluding hydrogens is 315 g/mol. The molecule has 21 heavy (non-hydrogen) atoms. The highest BCUT2D eigenvalue weighted by atomic mass is 35.5. The summed E-state index contributed by atoms with van der Waals surface area (Å²) in [5.41, 5.74) is -0.0194. The van der Waals surface area contributed by atoms with Crippen LogP contribution >= 0.6 is 11.6 Å². The lowest BCUT2D eigenvalue weighted by Crippen LogP contribution is -2.43. The van der Waals surface area contributed by atoms with Crippen LogP contribution in [0.5, 0.6) is 0 Å². The summed E-state index contributed by atoms with van der Waals surface area (Å²) in [6.45, 7) is 2.19. The van der Waals surface area contributed by atoms with Crippen molar-refractivity contribution in [2.75, 3.05) is 7.05 Å². The molecule has 0 spiro atoms. The van der Waals surface area contributed by atoms with Crippen LogP contribution in [0, 0.1) is 5.82 Å². The van der Waals surface area contributed by atoms with Crippen molar-refractivity contribution in [2.24, 2.45) is 0 Å². The standard InChI is InChI=1S/C14H20ClFN2O2S/c1-14(5-3-4-6-14)18-21(19,20)11-7-10(9-17-2)13(15)12(16)8-11/h7-8,17-18H,3-6,9H2,1-2H3. The first-order chi connectivity index (χ1) is 9.77. The highest BCUT2D eigenvalue weighted by molar-refractivity contribution is 7.89. The molecule has 0 aromatic heterocycles. The molecule has 118 valence electrons. The van der Waals surface area contributed by atoms with E-state index < -0.39 is 21.4 Å². The molecule has 0 atom stereocenters. The first-order valence-electron chi connectivity index (χ1n) is 6.94. The van der Waals surface area contributed by atoms with E-state index in [1.54, 1.807) is 7.05 Å². The largest absolute Gasteiger partial charge is 0.316 e. The monoisotopic (exact) mass is 334 g/mol. The van der Waals surface area contributed by atoms with Crippen molar-refractivity contribution >= 4 is 21.6 Å².